The van der Waals surface area contributed by atoms with Crippen molar-refractivity contribution in [2.24, 2.45) is 5.92 Å². The van der Waals surface area contributed by atoms with E-state index in [9.17, 15) is 0 Å². The van der Waals surface area contributed by atoms with Gasteiger partial charge in [-0.2, -0.15) is 0 Å². The highest BCUT2D eigenvalue weighted by Gasteiger charge is 1.97. The van der Waals surface area contributed by atoms with Crippen LogP contribution in [0.5, 0.6) is 0 Å². The van der Waals surface area contributed by atoms with Crippen molar-refractivity contribution in [1.29, 1.82) is 0 Å². The van der Waals surface area contributed by atoms with Gasteiger partial charge < -0.3 is 4.98 Å². The second-order valence-corrected chi connectivity index (χ2v) is 3.35. The summed E-state index contributed by atoms with van der Waals surface area (Å²) < 4.78 is 0. The largest absolute Gasteiger partial charge is 0.345 e. The van der Waals surface area contributed by atoms with Gasteiger partial charge in [-0.3, -0.25) is 0 Å². The number of H-pyrrole nitrogens is 1. The van der Waals surface area contributed by atoms with Crippen molar-refractivity contribution < 1.29 is 0 Å². The van der Waals surface area contributed by atoms with Gasteiger partial charge in [-0.25, -0.2) is 4.98 Å². The van der Waals surface area contributed by atoms with Gasteiger partial charge in [-0.1, -0.05) is 26.5 Å². The van der Waals surface area contributed by atoms with Gasteiger partial charge in [0.05, 0.1) is 17.0 Å². The van der Waals surface area contributed by atoms with Crippen LogP contribution in [-0.2, 0) is 0 Å². The number of hydrogen-bond acceptors (Lipinski definition) is 1. The summed E-state index contributed by atoms with van der Waals surface area (Å²) >= 11 is 0. The van der Waals surface area contributed by atoms with Crippen molar-refractivity contribution in [3.05, 3.63) is 28.7 Å². The van der Waals surface area contributed by atoms with Gasteiger partial charge in [0, 0.05) is 0 Å². The van der Waals surface area contributed by atoms with Crippen LogP contribution in [0.15, 0.2) is 18.0 Å². The number of aromatic nitrogens is 2. The summed E-state index contributed by atoms with van der Waals surface area (Å²) in [6.45, 7) is 10.2. The molecule has 1 rings (SSSR count). The van der Waals surface area contributed by atoms with E-state index in [1.54, 1.807) is 6.33 Å². The molecule has 0 saturated heterocycles. The molecule has 1 N–H and O–H groups in total. The summed E-state index contributed by atoms with van der Waals surface area (Å²) in [6.07, 6.45) is 5.85. The van der Waals surface area contributed by atoms with Crippen LogP contribution in [0.3, 0.4) is 0 Å². The second kappa shape index (κ2) is 4.08. The first kappa shape index (κ1) is 9.78. The van der Waals surface area contributed by atoms with Gasteiger partial charge in [0.2, 0.25) is 0 Å². The maximum absolute atomic E-state index is 4.17. The van der Waals surface area contributed by atoms with E-state index in [-0.39, 0.29) is 0 Å². The summed E-state index contributed by atoms with van der Waals surface area (Å²) in [7, 11) is 0. The molecule has 0 aromatic carbocycles. The zero-order valence-electron chi connectivity index (χ0n) is 8.46. The normalized spacial score (nSPS) is 14.2. The summed E-state index contributed by atoms with van der Waals surface area (Å²) in [4.78, 5) is 7.13. The molecule has 2 nitrogen and oxygen atoms in total. The molecule has 0 saturated carbocycles. The average Bonchev–Trinajstić information content (AvgIpc) is 2.46. The molecule has 0 unspecified atom stereocenters. The van der Waals surface area contributed by atoms with Gasteiger partial charge in [-0.05, 0) is 24.5 Å². The van der Waals surface area contributed by atoms with Crippen molar-refractivity contribution >= 4 is 12.7 Å². The SMILES string of the molecule is C=c1[nH]cn/c1=C/C(=C\C)C(C)C. The van der Waals surface area contributed by atoms with Crippen molar-refractivity contribution in [1.82, 2.24) is 9.97 Å². The molecule has 0 fully saturated rings. The average molecular weight is 176 g/mol. The monoisotopic (exact) mass is 176 g/mol. The Morgan fingerprint density at radius 2 is 2.31 bits per heavy atom. The Labute approximate surface area is 78.7 Å². The first-order chi connectivity index (χ1) is 6.15. The Morgan fingerprint density at radius 1 is 1.62 bits per heavy atom. The van der Waals surface area contributed by atoms with Gasteiger partial charge in [0.25, 0.3) is 0 Å². The Morgan fingerprint density at radius 3 is 2.69 bits per heavy atom. The highest BCUT2D eigenvalue weighted by Crippen LogP contribution is 2.09. The van der Waals surface area contributed by atoms with Crippen molar-refractivity contribution in [2.75, 3.05) is 0 Å². The first-order valence-electron chi connectivity index (χ1n) is 4.51. The second-order valence-electron chi connectivity index (χ2n) is 3.35. The number of imidazole rings is 1. The molecule has 1 aromatic heterocycles. The van der Waals surface area contributed by atoms with E-state index in [2.05, 4.69) is 42.5 Å². The Kier molecular flexibility index (Phi) is 3.07. The molecule has 1 aromatic rings. The van der Waals surface area contributed by atoms with Gasteiger partial charge in [0.15, 0.2) is 0 Å². The van der Waals surface area contributed by atoms with Crippen LogP contribution in [0.25, 0.3) is 12.7 Å². The fraction of sp³-hybridized carbons (Fsp3) is 0.364. The van der Waals surface area contributed by atoms with E-state index in [0.29, 0.717) is 5.92 Å². The summed E-state index contributed by atoms with van der Waals surface area (Å²) in [5.41, 5.74) is 1.29. The predicted molar refractivity (Wildman–Crippen MR) is 56.4 cm³/mol. The number of hydrogen-bond donors (Lipinski definition) is 1. The smallest absolute Gasteiger partial charge is 0.0931 e. The standard InChI is InChI=1S/C11H16N2/c1-5-10(8(2)3)6-11-9(4)12-7-13-11/h5-8H,4H2,1-3H3,(H,12,13)/b10-5+,11-6+. The molecule has 0 spiro atoms. The third kappa shape index (κ3) is 2.31. The summed E-state index contributed by atoms with van der Waals surface area (Å²) in [6, 6.07) is 0. The highest BCUT2D eigenvalue weighted by atomic mass is 14.8. The maximum Gasteiger partial charge on any atom is 0.0931 e. The molecule has 13 heavy (non-hydrogen) atoms. The van der Waals surface area contributed by atoms with Gasteiger partial charge in [0.1, 0.15) is 0 Å². The van der Waals surface area contributed by atoms with Crippen molar-refractivity contribution in [2.45, 2.75) is 20.8 Å². The third-order valence-electron chi connectivity index (χ3n) is 2.05. The predicted octanol–water partition coefficient (Wildman–Crippen LogP) is 1.20. The Balaban J connectivity index is 3.15. The fourth-order valence-electron chi connectivity index (χ4n) is 1.20. The van der Waals surface area contributed by atoms with E-state index < -0.39 is 0 Å². The van der Waals surface area contributed by atoms with Crippen LogP contribution in [0.4, 0.5) is 0 Å². The minimum absolute atomic E-state index is 0.529. The number of allylic oxidation sites excluding steroid dienone is 2. The number of nitrogens with zero attached hydrogens (tertiary/aromatic N) is 1. The van der Waals surface area contributed by atoms with Crippen LogP contribution in [0.2, 0.25) is 0 Å². The lowest BCUT2D eigenvalue weighted by molar-refractivity contribution is 0.799. The molecule has 0 atom stereocenters. The number of rotatable bonds is 2. The zero-order chi connectivity index (χ0) is 9.84. The number of aromatic amines is 1. The fourth-order valence-corrected chi connectivity index (χ4v) is 1.20. The van der Waals surface area contributed by atoms with E-state index >= 15 is 0 Å². The lowest BCUT2D eigenvalue weighted by Gasteiger charge is -2.03. The molecule has 0 bridgehead atoms. The van der Waals surface area contributed by atoms with Crippen LogP contribution >= 0.6 is 0 Å². The minimum Gasteiger partial charge on any atom is -0.345 e. The lowest BCUT2D eigenvalue weighted by atomic mass is 10.0. The van der Waals surface area contributed by atoms with E-state index in [1.807, 2.05) is 6.92 Å². The topological polar surface area (TPSA) is 28.7 Å². The molecule has 0 aliphatic rings. The molecule has 1 heterocycles. The molecule has 0 aliphatic carbocycles. The van der Waals surface area contributed by atoms with Gasteiger partial charge >= 0.3 is 0 Å². The van der Waals surface area contributed by atoms with Crippen molar-refractivity contribution in [3.63, 3.8) is 0 Å². The minimum atomic E-state index is 0.529. The van der Waals surface area contributed by atoms with E-state index in [0.717, 1.165) is 10.7 Å². The van der Waals surface area contributed by atoms with E-state index in [1.165, 1.54) is 5.57 Å². The van der Waals surface area contributed by atoms with E-state index in [4.69, 9.17) is 0 Å². The Bertz CT molecular complexity index is 396. The maximum atomic E-state index is 4.17. The van der Waals surface area contributed by atoms with Crippen LogP contribution < -0.4 is 10.7 Å². The molecule has 0 radical (unpaired) electrons. The summed E-state index contributed by atoms with van der Waals surface area (Å²) in [5.74, 6) is 0.529. The van der Waals surface area contributed by atoms with Crippen LogP contribution in [0, 0.1) is 5.92 Å². The number of nitrogens with one attached hydrogen (secondary N) is 1. The van der Waals surface area contributed by atoms with Crippen molar-refractivity contribution in [3.8, 4) is 0 Å². The Hall–Kier alpha value is -1.31. The third-order valence-corrected chi connectivity index (χ3v) is 2.05. The molecular formula is C11H16N2. The summed E-state index contributed by atoms with van der Waals surface area (Å²) in [5, 5.41) is 1.81. The molecular weight excluding hydrogens is 160 g/mol. The molecule has 70 valence electrons. The van der Waals surface area contributed by atoms with Gasteiger partial charge in [-0.15, -0.1) is 0 Å². The van der Waals surface area contributed by atoms with Crippen LogP contribution in [0.1, 0.15) is 20.8 Å². The lowest BCUT2D eigenvalue weighted by Crippen LogP contribution is -2.23. The molecule has 0 aliphatic heterocycles. The molecule has 2 heteroatoms. The van der Waals surface area contributed by atoms with Crippen LogP contribution in [-0.4, -0.2) is 9.97 Å². The first-order valence-corrected chi connectivity index (χ1v) is 4.51. The highest BCUT2D eigenvalue weighted by molar-refractivity contribution is 5.45. The zero-order valence-corrected chi connectivity index (χ0v) is 8.46. The quantitative estimate of drug-likeness (QED) is 0.720. The molecule has 0 amide bonds.